The Morgan fingerprint density at radius 1 is 0.532 bits per heavy atom. The maximum atomic E-state index is 6.22. The summed E-state index contributed by atoms with van der Waals surface area (Å²) in [5.41, 5.74) is 8.42. The van der Waals surface area contributed by atoms with Gasteiger partial charge in [0.1, 0.15) is 17.0 Å². The summed E-state index contributed by atoms with van der Waals surface area (Å²) in [5, 5.41) is 4.41. The molecule has 2 heterocycles. The molecule has 4 nitrogen and oxygen atoms in total. The van der Waals surface area contributed by atoms with Gasteiger partial charge in [0.15, 0.2) is 11.6 Å². The van der Waals surface area contributed by atoms with Crippen LogP contribution in [-0.2, 0) is 0 Å². The minimum Gasteiger partial charge on any atom is -0.456 e. The SMILES string of the molecule is C1=CC(c2nc(-c3ccc4ccccc4c3)nc(-c3cccc4oc5ccccc5c34)n2)CC=C1c1ccc(-c2ccccc2)cc1. The largest absolute Gasteiger partial charge is 0.456 e. The van der Waals surface area contributed by atoms with Crippen molar-refractivity contribution in [2.45, 2.75) is 12.3 Å². The molecule has 8 aromatic rings. The van der Waals surface area contributed by atoms with Gasteiger partial charge in [0, 0.05) is 27.8 Å². The fraction of sp³-hybridized carbons (Fsp3) is 0.0465. The Labute approximate surface area is 272 Å². The van der Waals surface area contributed by atoms with Gasteiger partial charge >= 0.3 is 0 Å². The topological polar surface area (TPSA) is 51.8 Å². The normalized spacial score (nSPS) is 14.6. The van der Waals surface area contributed by atoms with E-state index in [9.17, 15) is 0 Å². The van der Waals surface area contributed by atoms with E-state index in [4.69, 9.17) is 19.4 Å². The van der Waals surface area contributed by atoms with Crippen LogP contribution in [0, 0.1) is 0 Å². The molecule has 0 amide bonds. The average molecular weight is 604 g/mol. The first-order chi connectivity index (χ1) is 23.3. The predicted molar refractivity (Wildman–Crippen MR) is 192 cm³/mol. The lowest BCUT2D eigenvalue weighted by Gasteiger charge is -2.17. The van der Waals surface area contributed by atoms with Crippen molar-refractivity contribution in [1.29, 1.82) is 0 Å². The van der Waals surface area contributed by atoms with Crippen LogP contribution in [0.4, 0.5) is 0 Å². The predicted octanol–water partition coefficient (Wildman–Crippen LogP) is 11.1. The van der Waals surface area contributed by atoms with E-state index in [2.05, 4.69) is 121 Å². The Balaban J connectivity index is 1.12. The van der Waals surface area contributed by atoms with Gasteiger partial charge in [-0.15, -0.1) is 0 Å². The molecule has 0 saturated heterocycles. The molecule has 47 heavy (non-hydrogen) atoms. The van der Waals surface area contributed by atoms with Crippen molar-refractivity contribution >= 4 is 38.3 Å². The van der Waals surface area contributed by atoms with Gasteiger partial charge in [-0.1, -0.05) is 140 Å². The summed E-state index contributed by atoms with van der Waals surface area (Å²) in [7, 11) is 0. The van der Waals surface area contributed by atoms with Crippen LogP contribution in [0.5, 0.6) is 0 Å². The summed E-state index contributed by atoms with van der Waals surface area (Å²) >= 11 is 0. The summed E-state index contributed by atoms with van der Waals surface area (Å²) in [6.45, 7) is 0. The van der Waals surface area contributed by atoms with Crippen LogP contribution in [0.2, 0.25) is 0 Å². The molecule has 1 unspecified atom stereocenters. The molecule has 0 spiro atoms. The average Bonchev–Trinajstić information content (AvgIpc) is 3.54. The molecule has 6 aromatic carbocycles. The van der Waals surface area contributed by atoms with Crippen molar-refractivity contribution in [3.8, 4) is 33.9 Å². The van der Waals surface area contributed by atoms with Crippen molar-refractivity contribution in [2.75, 3.05) is 0 Å². The van der Waals surface area contributed by atoms with Crippen LogP contribution in [0.25, 0.3) is 72.2 Å². The van der Waals surface area contributed by atoms with Gasteiger partial charge in [-0.25, -0.2) is 15.0 Å². The Hall–Kier alpha value is -6.13. The van der Waals surface area contributed by atoms with Crippen molar-refractivity contribution in [3.05, 3.63) is 169 Å². The summed E-state index contributed by atoms with van der Waals surface area (Å²) in [6, 6.07) is 48.3. The van der Waals surface area contributed by atoms with Gasteiger partial charge in [0.25, 0.3) is 0 Å². The molecule has 2 aromatic heterocycles. The number of fused-ring (bicyclic) bond motifs is 4. The second-order valence-corrected chi connectivity index (χ2v) is 12.0. The second kappa shape index (κ2) is 11.3. The van der Waals surface area contributed by atoms with Crippen LogP contribution in [0.1, 0.15) is 23.7 Å². The lowest BCUT2D eigenvalue weighted by atomic mass is 9.91. The Morgan fingerprint density at radius 2 is 1.23 bits per heavy atom. The van der Waals surface area contributed by atoms with Crippen molar-refractivity contribution < 1.29 is 4.42 Å². The van der Waals surface area contributed by atoms with E-state index in [0.29, 0.717) is 11.6 Å². The lowest BCUT2D eigenvalue weighted by molar-refractivity contribution is 0.669. The highest BCUT2D eigenvalue weighted by Gasteiger charge is 2.21. The first-order valence-corrected chi connectivity index (χ1v) is 16.0. The third-order valence-corrected chi connectivity index (χ3v) is 9.06. The Bertz CT molecular complexity index is 2490. The third kappa shape index (κ3) is 5.01. The smallest absolute Gasteiger partial charge is 0.164 e. The standard InChI is InChI=1S/C43H29N3O/c1-2-9-28(10-3-1)30-17-19-31(20-18-30)32-21-24-33(25-22-32)41-44-42(35-26-23-29-11-4-5-12-34(29)27-35)46-43(45-41)37-14-8-16-39-40(37)36-13-6-7-15-38(36)47-39/h1-24,26-27,33H,25H2. The van der Waals surface area contributed by atoms with Gasteiger partial charge in [-0.2, -0.15) is 0 Å². The van der Waals surface area contributed by atoms with E-state index < -0.39 is 0 Å². The van der Waals surface area contributed by atoms with Gasteiger partial charge < -0.3 is 4.42 Å². The van der Waals surface area contributed by atoms with Crippen molar-refractivity contribution in [1.82, 2.24) is 15.0 Å². The molecule has 0 saturated carbocycles. The Kier molecular flexibility index (Phi) is 6.57. The van der Waals surface area contributed by atoms with Crippen LogP contribution in [0.15, 0.2) is 162 Å². The number of benzene rings is 6. The number of hydrogen-bond donors (Lipinski definition) is 0. The summed E-state index contributed by atoms with van der Waals surface area (Å²) in [6.07, 6.45) is 7.53. The second-order valence-electron chi connectivity index (χ2n) is 12.0. The van der Waals surface area contributed by atoms with Crippen LogP contribution in [-0.4, -0.2) is 15.0 Å². The molecule has 222 valence electrons. The van der Waals surface area contributed by atoms with Crippen molar-refractivity contribution in [3.63, 3.8) is 0 Å². The molecular weight excluding hydrogens is 574 g/mol. The highest BCUT2D eigenvalue weighted by atomic mass is 16.3. The molecule has 0 N–H and O–H groups in total. The van der Waals surface area contributed by atoms with Crippen molar-refractivity contribution in [2.24, 2.45) is 0 Å². The molecule has 0 bridgehead atoms. The van der Waals surface area contributed by atoms with E-state index in [0.717, 1.165) is 50.7 Å². The third-order valence-electron chi connectivity index (χ3n) is 9.06. The molecule has 1 aliphatic rings. The maximum absolute atomic E-state index is 6.22. The van der Waals surface area contributed by atoms with E-state index in [1.165, 1.54) is 27.6 Å². The zero-order chi connectivity index (χ0) is 31.2. The molecule has 1 aliphatic carbocycles. The number of hydrogen-bond acceptors (Lipinski definition) is 4. The number of furan rings is 1. The number of nitrogens with zero attached hydrogens (tertiary/aromatic N) is 3. The number of aromatic nitrogens is 3. The van der Waals surface area contributed by atoms with Crippen LogP contribution in [0.3, 0.4) is 0 Å². The number of allylic oxidation sites excluding steroid dienone is 4. The summed E-state index contributed by atoms with van der Waals surface area (Å²) in [5.74, 6) is 2.09. The van der Waals surface area contributed by atoms with E-state index in [1.807, 2.05) is 36.4 Å². The van der Waals surface area contributed by atoms with E-state index >= 15 is 0 Å². The number of rotatable bonds is 5. The fourth-order valence-corrected chi connectivity index (χ4v) is 6.61. The summed E-state index contributed by atoms with van der Waals surface area (Å²) < 4.78 is 6.22. The van der Waals surface area contributed by atoms with Crippen LogP contribution >= 0.6 is 0 Å². The lowest BCUT2D eigenvalue weighted by Crippen LogP contribution is -2.08. The highest BCUT2D eigenvalue weighted by molar-refractivity contribution is 6.11. The monoisotopic (exact) mass is 603 g/mol. The first kappa shape index (κ1) is 27.2. The molecule has 0 fully saturated rings. The minimum absolute atomic E-state index is 0.0172. The van der Waals surface area contributed by atoms with Gasteiger partial charge in [0.05, 0.1) is 0 Å². The molecule has 9 rings (SSSR count). The quantitative estimate of drug-likeness (QED) is 0.196. The zero-order valence-corrected chi connectivity index (χ0v) is 25.5. The minimum atomic E-state index is 0.0172. The fourth-order valence-electron chi connectivity index (χ4n) is 6.61. The molecule has 0 aliphatic heterocycles. The zero-order valence-electron chi connectivity index (χ0n) is 25.5. The first-order valence-electron chi connectivity index (χ1n) is 16.0. The van der Waals surface area contributed by atoms with E-state index in [1.54, 1.807) is 0 Å². The number of para-hydroxylation sites is 1. The van der Waals surface area contributed by atoms with E-state index in [-0.39, 0.29) is 5.92 Å². The molecule has 0 radical (unpaired) electrons. The maximum Gasteiger partial charge on any atom is 0.164 e. The summed E-state index contributed by atoms with van der Waals surface area (Å²) in [4.78, 5) is 15.4. The molecular formula is C43H29N3O. The highest BCUT2D eigenvalue weighted by Crippen LogP contribution is 2.37. The van der Waals surface area contributed by atoms with Gasteiger partial charge in [-0.3, -0.25) is 0 Å². The molecule has 4 heteroatoms. The van der Waals surface area contributed by atoms with Gasteiger partial charge in [-0.05, 0) is 57.7 Å². The molecule has 1 atom stereocenters. The van der Waals surface area contributed by atoms with Crippen LogP contribution < -0.4 is 0 Å². The Morgan fingerprint density at radius 3 is 2.09 bits per heavy atom. The van der Waals surface area contributed by atoms with Gasteiger partial charge in [0.2, 0.25) is 0 Å².